The Morgan fingerprint density at radius 3 is 2.26 bits per heavy atom. The Kier molecular flexibility index (Phi) is 4.04. The van der Waals surface area contributed by atoms with Gasteiger partial charge >= 0.3 is 5.97 Å². The van der Waals surface area contributed by atoms with Gasteiger partial charge in [0.2, 0.25) is 0 Å². The number of carbonyl (C=O) groups is 2. The standard InChI is InChI=1S/C13H17NO5/c1-13(2,3)10(12(18)19)14-11(17)7-5-4-6-8(15)9(7)16/h4-6,10,15-16H,1-3H3,(H,14,17)(H,18,19). The summed E-state index contributed by atoms with van der Waals surface area (Å²) in [6.07, 6.45) is 0. The SMILES string of the molecule is CC(C)(C)C(NC(=O)c1cccc(O)c1O)C(=O)O. The van der Waals surface area contributed by atoms with Crippen molar-refractivity contribution in [3.63, 3.8) is 0 Å². The first-order chi connectivity index (χ1) is 8.64. The van der Waals surface area contributed by atoms with Gasteiger partial charge in [0.25, 0.3) is 5.91 Å². The average Bonchev–Trinajstić information content (AvgIpc) is 2.27. The van der Waals surface area contributed by atoms with Crippen LogP contribution in [0.4, 0.5) is 0 Å². The number of hydrogen-bond acceptors (Lipinski definition) is 4. The van der Waals surface area contributed by atoms with Crippen LogP contribution in [-0.4, -0.2) is 33.2 Å². The van der Waals surface area contributed by atoms with Crippen molar-refractivity contribution in [1.82, 2.24) is 5.32 Å². The summed E-state index contributed by atoms with van der Waals surface area (Å²) in [5, 5.41) is 30.3. The van der Waals surface area contributed by atoms with E-state index in [1.165, 1.54) is 18.2 Å². The summed E-state index contributed by atoms with van der Waals surface area (Å²) in [6, 6.07) is 2.80. The highest BCUT2D eigenvalue weighted by Crippen LogP contribution is 2.28. The van der Waals surface area contributed by atoms with E-state index in [1.807, 2.05) is 0 Å². The van der Waals surface area contributed by atoms with E-state index in [2.05, 4.69) is 5.32 Å². The van der Waals surface area contributed by atoms with Crippen molar-refractivity contribution >= 4 is 11.9 Å². The minimum absolute atomic E-state index is 0.171. The molecule has 1 atom stereocenters. The third-order valence-corrected chi connectivity index (χ3v) is 2.65. The zero-order valence-corrected chi connectivity index (χ0v) is 11.0. The maximum atomic E-state index is 11.9. The molecule has 104 valence electrons. The molecule has 0 radical (unpaired) electrons. The van der Waals surface area contributed by atoms with E-state index in [0.717, 1.165) is 0 Å². The quantitative estimate of drug-likeness (QED) is 0.618. The summed E-state index contributed by atoms with van der Waals surface area (Å²) < 4.78 is 0. The number of para-hydroxylation sites is 1. The number of amides is 1. The highest BCUT2D eigenvalue weighted by atomic mass is 16.4. The first-order valence-corrected chi connectivity index (χ1v) is 5.69. The fourth-order valence-corrected chi connectivity index (χ4v) is 1.57. The molecule has 4 N–H and O–H groups in total. The molecule has 0 bridgehead atoms. The Labute approximate surface area is 110 Å². The number of benzene rings is 1. The fourth-order valence-electron chi connectivity index (χ4n) is 1.57. The smallest absolute Gasteiger partial charge is 0.326 e. The lowest BCUT2D eigenvalue weighted by atomic mass is 9.86. The summed E-state index contributed by atoms with van der Waals surface area (Å²) in [6.45, 7) is 5.02. The van der Waals surface area contributed by atoms with Gasteiger partial charge in [0.05, 0.1) is 5.56 Å². The Balaban J connectivity index is 3.02. The molecular weight excluding hydrogens is 250 g/mol. The molecule has 0 aromatic heterocycles. The van der Waals surface area contributed by atoms with E-state index in [9.17, 15) is 19.8 Å². The van der Waals surface area contributed by atoms with E-state index in [4.69, 9.17) is 5.11 Å². The lowest BCUT2D eigenvalue weighted by Gasteiger charge is -2.27. The van der Waals surface area contributed by atoms with Gasteiger partial charge in [0.1, 0.15) is 6.04 Å². The zero-order valence-electron chi connectivity index (χ0n) is 11.0. The van der Waals surface area contributed by atoms with Gasteiger partial charge in [-0.3, -0.25) is 4.79 Å². The molecule has 1 unspecified atom stereocenters. The molecule has 0 saturated heterocycles. The van der Waals surface area contributed by atoms with Crippen LogP contribution in [0, 0.1) is 5.41 Å². The Morgan fingerprint density at radius 1 is 1.21 bits per heavy atom. The van der Waals surface area contributed by atoms with Crippen LogP contribution in [0.25, 0.3) is 0 Å². The summed E-state index contributed by atoms with van der Waals surface area (Å²) >= 11 is 0. The molecule has 0 saturated carbocycles. The normalized spacial score (nSPS) is 12.8. The van der Waals surface area contributed by atoms with Crippen LogP contribution in [0.15, 0.2) is 18.2 Å². The molecular formula is C13H17NO5. The molecule has 0 spiro atoms. The fraction of sp³-hybridized carbons (Fsp3) is 0.385. The number of aromatic hydroxyl groups is 2. The van der Waals surface area contributed by atoms with Gasteiger partial charge in [0.15, 0.2) is 11.5 Å². The maximum Gasteiger partial charge on any atom is 0.326 e. The van der Waals surface area contributed by atoms with E-state index in [-0.39, 0.29) is 5.56 Å². The van der Waals surface area contributed by atoms with Gasteiger partial charge in [-0.25, -0.2) is 4.79 Å². The second-order valence-corrected chi connectivity index (χ2v) is 5.28. The van der Waals surface area contributed by atoms with Crippen molar-refractivity contribution in [3.05, 3.63) is 23.8 Å². The topological polar surface area (TPSA) is 107 Å². The van der Waals surface area contributed by atoms with Crippen LogP contribution in [-0.2, 0) is 4.79 Å². The van der Waals surface area contributed by atoms with E-state index < -0.39 is 34.8 Å². The van der Waals surface area contributed by atoms with E-state index in [0.29, 0.717) is 0 Å². The minimum Gasteiger partial charge on any atom is -0.504 e. The van der Waals surface area contributed by atoms with Crippen LogP contribution in [0.1, 0.15) is 31.1 Å². The van der Waals surface area contributed by atoms with Crippen molar-refractivity contribution in [3.8, 4) is 11.5 Å². The number of hydrogen-bond donors (Lipinski definition) is 4. The third kappa shape index (κ3) is 3.37. The van der Waals surface area contributed by atoms with Gasteiger partial charge in [-0.05, 0) is 17.5 Å². The Morgan fingerprint density at radius 2 is 1.79 bits per heavy atom. The second kappa shape index (κ2) is 5.17. The monoisotopic (exact) mass is 267 g/mol. The Bertz CT molecular complexity index is 504. The number of carbonyl (C=O) groups excluding carboxylic acids is 1. The van der Waals surface area contributed by atoms with Gasteiger partial charge in [0, 0.05) is 0 Å². The second-order valence-electron chi connectivity index (χ2n) is 5.28. The molecule has 1 aromatic carbocycles. The van der Waals surface area contributed by atoms with Crippen molar-refractivity contribution in [2.24, 2.45) is 5.41 Å². The maximum absolute atomic E-state index is 11.9. The number of nitrogens with one attached hydrogen (secondary N) is 1. The molecule has 0 heterocycles. The average molecular weight is 267 g/mol. The van der Waals surface area contributed by atoms with Crippen molar-refractivity contribution in [2.45, 2.75) is 26.8 Å². The number of phenolic OH excluding ortho intramolecular Hbond substituents is 2. The number of carboxylic acid groups (broad SMARTS) is 1. The number of phenols is 2. The van der Waals surface area contributed by atoms with Gasteiger partial charge in [-0.2, -0.15) is 0 Å². The molecule has 19 heavy (non-hydrogen) atoms. The third-order valence-electron chi connectivity index (χ3n) is 2.65. The minimum atomic E-state index is -1.17. The van der Waals surface area contributed by atoms with Crippen molar-refractivity contribution in [2.75, 3.05) is 0 Å². The molecule has 0 aliphatic carbocycles. The summed E-state index contributed by atoms with van der Waals surface area (Å²) in [4.78, 5) is 23.1. The van der Waals surface area contributed by atoms with Crippen LogP contribution in [0.2, 0.25) is 0 Å². The first kappa shape index (κ1) is 14.8. The summed E-state index contributed by atoms with van der Waals surface area (Å²) in [5.74, 6) is -2.93. The van der Waals surface area contributed by atoms with Gasteiger partial charge in [-0.1, -0.05) is 26.8 Å². The van der Waals surface area contributed by atoms with Crippen LogP contribution in [0.5, 0.6) is 11.5 Å². The number of rotatable bonds is 3. The lowest BCUT2D eigenvalue weighted by molar-refractivity contribution is -0.142. The number of aliphatic carboxylic acids is 1. The lowest BCUT2D eigenvalue weighted by Crippen LogP contribution is -2.49. The van der Waals surface area contributed by atoms with Crippen molar-refractivity contribution in [1.29, 1.82) is 0 Å². The predicted molar refractivity (Wildman–Crippen MR) is 68.1 cm³/mol. The molecule has 1 aromatic rings. The zero-order chi connectivity index (χ0) is 14.8. The largest absolute Gasteiger partial charge is 0.504 e. The first-order valence-electron chi connectivity index (χ1n) is 5.69. The van der Waals surface area contributed by atoms with Crippen LogP contribution < -0.4 is 5.32 Å². The van der Waals surface area contributed by atoms with Crippen LogP contribution in [0.3, 0.4) is 0 Å². The Hall–Kier alpha value is -2.24. The molecule has 0 aliphatic heterocycles. The highest BCUT2D eigenvalue weighted by Gasteiger charge is 2.33. The van der Waals surface area contributed by atoms with Gasteiger partial charge in [-0.15, -0.1) is 0 Å². The van der Waals surface area contributed by atoms with Crippen LogP contribution >= 0.6 is 0 Å². The highest BCUT2D eigenvalue weighted by molar-refractivity contribution is 5.99. The summed E-state index contributed by atoms with van der Waals surface area (Å²) in [7, 11) is 0. The predicted octanol–water partition coefficient (Wildman–Crippen LogP) is 1.33. The van der Waals surface area contributed by atoms with E-state index in [1.54, 1.807) is 20.8 Å². The number of carboxylic acids is 1. The van der Waals surface area contributed by atoms with E-state index >= 15 is 0 Å². The summed E-state index contributed by atoms with van der Waals surface area (Å²) in [5.41, 5.74) is -0.857. The molecule has 1 amide bonds. The molecule has 0 aliphatic rings. The van der Waals surface area contributed by atoms with Crippen molar-refractivity contribution < 1.29 is 24.9 Å². The van der Waals surface area contributed by atoms with Gasteiger partial charge < -0.3 is 20.6 Å². The molecule has 1 rings (SSSR count). The molecule has 0 fully saturated rings. The molecule has 6 heteroatoms. The molecule has 6 nitrogen and oxygen atoms in total.